The topological polar surface area (TPSA) is 30.0 Å². The van der Waals surface area contributed by atoms with Gasteiger partial charge >= 0.3 is 6.18 Å². The third-order valence-corrected chi connectivity index (χ3v) is 1.60. The Hall–Kier alpha value is -1.10. The molecular weight excluding hydrogens is 207 g/mol. The van der Waals surface area contributed by atoms with E-state index in [1.807, 2.05) is 0 Å². The molecule has 0 spiro atoms. The van der Waals surface area contributed by atoms with Crippen LogP contribution in [0.2, 0.25) is 5.15 Å². The molecule has 0 amide bonds. The van der Waals surface area contributed by atoms with Gasteiger partial charge in [0.15, 0.2) is 6.29 Å². The molecule has 0 saturated carbocycles. The second kappa shape index (κ2) is 3.33. The first kappa shape index (κ1) is 9.98. The maximum atomic E-state index is 12.1. The van der Waals surface area contributed by atoms with Gasteiger partial charge in [-0.3, -0.25) is 4.79 Å². The molecule has 0 atom stereocenters. The van der Waals surface area contributed by atoms with E-state index in [0.29, 0.717) is 6.07 Å². The Morgan fingerprint density at radius 1 is 1.46 bits per heavy atom. The Morgan fingerprint density at radius 2 is 2.08 bits per heavy atom. The maximum absolute atomic E-state index is 12.1. The highest BCUT2D eigenvalue weighted by Gasteiger charge is 2.34. The van der Waals surface area contributed by atoms with Crippen molar-refractivity contribution < 1.29 is 18.0 Å². The molecule has 1 heterocycles. The largest absolute Gasteiger partial charge is 0.419 e. The molecule has 2 nitrogen and oxygen atoms in total. The summed E-state index contributed by atoms with van der Waals surface area (Å²) in [5.74, 6) is 0. The van der Waals surface area contributed by atoms with Crippen molar-refractivity contribution in [3.63, 3.8) is 0 Å². The number of hydrogen-bond acceptors (Lipinski definition) is 2. The molecule has 0 fully saturated rings. The standard InChI is InChI=1S/C7H3ClF3NO/c8-6-5(7(9,10)11)1-4(3-13)2-12-6/h1-3H. The van der Waals surface area contributed by atoms with Gasteiger partial charge in [-0.25, -0.2) is 4.98 Å². The molecule has 1 aromatic rings. The summed E-state index contributed by atoms with van der Waals surface area (Å²) in [5, 5.41) is -0.655. The van der Waals surface area contributed by atoms with E-state index >= 15 is 0 Å². The third-order valence-electron chi connectivity index (χ3n) is 1.30. The van der Waals surface area contributed by atoms with Crippen LogP contribution in [0, 0.1) is 0 Å². The third kappa shape index (κ3) is 2.18. The van der Waals surface area contributed by atoms with E-state index in [-0.39, 0.29) is 11.8 Å². The van der Waals surface area contributed by atoms with Crippen molar-refractivity contribution in [1.29, 1.82) is 0 Å². The Kier molecular flexibility index (Phi) is 2.56. The zero-order valence-electron chi connectivity index (χ0n) is 6.10. The van der Waals surface area contributed by atoms with Gasteiger partial charge in [0, 0.05) is 11.8 Å². The van der Waals surface area contributed by atoms with Crippen molar-refractivity contribution in [3.8, 4) is 0 Å². The number of aldehydes is 1. The van der Waals surface area contributed by atoms with Crippen LogP contribution in [0.4, 0.5) is 13.2 Å². The summed E-state index contributed by atoms with van der Waals surface area (Å²) in [4.78, 5) is 13.4. The summed E-state index contributed by atoms with van der Waals surface area (Å²) in [5.41, 5.74) is -1.25. The predicted molar refractivity (Wildman–Crippen MR) is 39.6 cm³/mol. The van der Waals surface area contributed by atoms with E-state index in [1.54, 1.807) is 0 Å². The maximum Gasteiger partial charge on any atom is 0.419 e. The van der Waals surface area contributed by atoms with Gasteiger partial charge in [-0.05, 0) is 6.07 Å². The van der Waals surface area contributed by atoms with Crippen LogP contribution in [0.3, 0.4) is 0 Å². The summed E-state index contributed by atoms with van der Waals surface area (Å²) in [6, 6.07) is 0.655. The molecule has 0 aliphatic carbocycles. The van der Waals surface area contributed by atoms with Crippen molar-refractivity contribution in [1.82, 2.24) is 4.98 Å². The highest BCUT2D eigenvalue weighted by Crippen LogP contribution is 2.33. The average Bonchev–Trinajstić information content (AvgIpc) is 2.03. The fourth-order valence-electron chi connectivity index (χ4n) is 0.727. The lowest BCUT2D eigenvalue weighted by Crippen LogP contribution is -2.07. The molecule has 0 saturated heterocycles. The smallest absolute Gasteiger partial charge is 0.298 e. The zero-order chi connectivity index (χ0) is 10.1. The number of nitrogens with zero attached hydrogens (tertiary/aromatic N) is 1. The lowest BCUT2D eigenvalue weighted by atomic mass is 10.2. The first-order valence-corrected chi connectivity index (χ1v) is 3.51. The van der Waals surface area contributed by atoms with E-state index in [0.717, 1.165) is 6.20 Å². The molecule has 13 heavy (non-hydrogen) atoms. The summed E-state index contributed by atoms with van der Waals surface area (Å²) in [6.45, 7) is 0. The van der Waals surface area contributed by atoms with Crippen LogP contribution < -0.4 is 0 Å². The number of halogens is 4. The molecule has 0 aromatic carbocycles. The van der Waals surface area contributed by atoms with Crippen LogP contribution in [0.1, 0.15) is 15.9 Å². The molecule has 0 N–H and O–H groups in total. The van der Waals surface area contributed by atoms with Gasteiger partial charge in [0.05, 0.1) is 5.56 Å². The number of hydrogen-bond donors (Lipinski definition) is 0. The van der Waals surface area contributed by atoms with Gasteiger partial charge < -0.3 is 0 Å². The molecule has 0 unspecified atom stereocenters. The van der Waals surface area contributed by atoms with Gasteiger partial charge in [0.25, 0.3) is 0 Å². The Balaban J connectivity index is 3.27. The summed E-state index contributed by atoms with van der Waals surface area (Å²) in [6.07, 6.45) is -3.33. The average molecular weight is 210 g/mol. The van der Waals surface area contributed by atoms with E-state index in [1.165, 1.54) is 0 Å². The molecular formula is C7H3ClF3NO. The van der Waals surface area contributed by atoms with Crippen molar-refractivity contribution in [2.75, 3.05) is 0 Å². The Labute approximate surface area is 76.3 Å². The summed E-state index contributed by atoms with van der Waals surface area (Å²) >= 11 is 5.19. The monoisotopic (exact) mass is 209 g/mol. The number of carbonyl (C=O) groups is 1. The van der Waals surface area contributed by atoms with Gasteiger partial charge in [0.1, 0.15) is 5.15 Å². The summed E-state index contributed by atoms with van der Waals surface area (Å²) < 4.78 is 36.4. The van der Waals surface area contributed by atoms with Crippen molar-refractivity contribution in [3.05, 3.63) is 28.5 Å². The number of rotatable bonds is 1. The second-order valence-corrected chi connectivity index (χ2v) is 2.58. The minimum atomic E-state index is -4.58. The molecule has 0 aliphatic rings. The van der Waals surface area contributed by atoms with Crippen LogP contribution in [0.25, 0.3) is 0 Å². The molecule has 0 bridgehead atoms. The van der Waals surface area contributed by atoms with Gasteiger partial charge in [0.2, 0.25) is 0 Å². The summed E-state index contributed by atoms with van der Waals surface area (Å²) in [7, 11) is 0. The lowest BCUT2D eigenvalue weighted by molar-refractivity contribution is -0.137. The zero-order valence-corrected chi connectivity index (χ0v) is 6.86. The van der Waals surface area contributed by atoms with Crippen LogP contribution in [-0.2, 0) is 6.18 Å². The number of aromatic nitrogens is 1. The number of alkyl halides is 3. The molecule has 0 aliphatic heterocycles. The molecule has 1 rings (SSSR count). The SMILES string of the molecule is O=Cc1cnc(Cl)c(C(F)(F)F)c1. The normalized spacial score (nSPS) is 11.4. The van der Waals surface area contributed by atoms with Crippen LogP contribution >= 0.6 is 11.6 Å². The first-order valence-electron chi connectivity index (χ1n) is 3.13. The second-order valence-electron chi connectivity index (χ2n) is 2.22. The predicted octanol–water partition coefficient (Wildman–Crippen LogP) is 2.57. The number of carbonyl (C=O) groups excluding carboxylic acids is 1. The van der Waals surface area contributed by atoms with E-state index < -0.39 is 16.9 Å². The van der Waals surface area contributed by atoms with Gasteiger partial charge in [-0.1, -0.05) is 11.6 Å². The van der Waals surface area contributed by atoms with E-state index in [2.05, 4.69) is 4.98 Å². The molecule has 6 heteroatoms. The van der Waals surface area contributed by atoms with Gasteiger partial charge in [-0.15, -0.1) is 0 Å². The fourth-order valence-corrected chi connectivity index (χ4v) is 0.938. The lowest BCUT2D eigenvalue weighted by Gasteiger charge is -2.07. The minimum Gasteiger partial charge on any atom is -0.298 e. The quantitative estimate of drug-likeness (QED) is 0.526. The molecule has 1 aromatic heterocycles. The minimum absolute atomic E-state index is 0.156. The van der Waals surface area contributed by atoms with Crippen molar-refractivity contribution >= 4 is 17.9 Å². The highest BCUT2D eigenvalue weighted by molar-refractivity contribution is 6.30. The van der Waals surface area contributed by atoms with Crippen molar-refractivity contribution in [2.24, 2.45) is 0 Å². The van der Waals surface area contributed by atoms with Crippen molar-refractivity contribution in [2.45, 2.75) is 6.18 Å². The Morgan fingerprint density at radius 3 is 2.54 bits per heavy atom. The van der Waals surface area contributed by atoms with E-state index in [4.69, 9.17) is 11.6 Å². The van der Waals surface area contributed by atoms with Gasteiger partial charge in [-0.2, -0.15) is 13.2 Å². The molecule has 70 valence electrons. The van der Waals surface area contributed by atoms with Crippen LogP contribution in [0.5, 0.6) is 0 Å². The fraction of sp³-hybridized carbons (Fsp3) is 0.143. The van der Waals surface area contributed by atoms with Crippen LogP contribution in [-0.4, -0.2) is 11.3 Å². The van der Waals surface area contributed by atoms with Crippen LogP contribution in [0.15, 0.2) is 12.3 Å². The number of pyridine rings is 1. The highest BCUT2D eigenvalue weighted by atomic mass is 35.5. The molecule has 0 radical (unpaired) electrons. The first-order chi connectivity index (χ1) is 5.95. The van der Waals surface area contributed by atoms with E-state index in [9.17, 15) is 18.0 Å². The Bertz CT molecular complexity index is 337.